The van der Waals surface area contributed by atoms with Crippen LogP contribution in [-0.4, -0.2) is 36.2 Å². The molecule has 2 aliphatic rings. The molecule has 0 radical (unpaired) electrons. The summed E-state index contributed by atoms with van der Waals surface area (Å²) in [7, 11) is 2.98. The van der Waals surface area contributed by atoms with Gasteiger partial charge in [-0.3, -0.25) is 4.79 Å². The van der Waals surface area contributed by atoms with E-state index >= 15 is 0 Å². The van der Waals surface area contributed by atoms with Gasteiger partial charge in [0.1, 0.15) is 5.75 Å². The molecule has 2 aliphatic heterocycles. The number of benzene rings is 2. The molecular weight excluding hydrogens is 450 g/mol. The van der Waals surface area contributed by atoms with E-state index in [1.165, 1.54) is 18.9 Å². The normalized spacial score (nSPS) is 17.1. The highest BCUT2D eigenvalue weighted by Gasteiger charge is 2.41. The van der Waals surface area contributed by atoms with Gasteiger partial charge in [-0.25, -0.2) is 9.79 Å². The summed E-state index contributed by atoms with van der Waals surface area (Å²) < 4.78 is 10.3. The number of amides is 1. The Balaban J connectivity index is 1.65. The molecule has 0 aromatic heterocycles. The second kappa shape index (κ2) is 10.2. The number of rotatable bonds is 7. The van der Waals surface area contributed by atoms with Crippen LogP contribution in [0.1, 0.15) is 36.9 Å². The van der Waals surface area contributed by atoms with Crippen molar-refractivity contribution in [2.75, 3.05) is 19.5 Å². The number of fused-ring (bicyclic) bond motifs is 1. The molecular formula is C26H27N3O4S. The Kier molecular flexibility index (Phi) is 7.07. The van der Waals surface area contributed by atoms with Crippen molar-refractivity contribution in [3.63, 3.8) is 0 Å². The average molecular weight is 478 g/mol. The van der Waals surface area contributed by atoms with Crippen LogP contribution in [-0.2, 0) is 14.3 Å². The number of aryl methyl sites for hydroxylation is 1. The SMILES string of the molecule is CCC1=C(C(=O)OC)C(c2cccc(C)c2)N2C(CC(=O)Nc3ccc(OC)cc3)=CSC2=N1. The van der Waals surface area contributed by atoms with Crippen molar-refractivity contribution >= 4 is 34.5 Å². The lowest BCUT2D eigenvalue weighted by Gasteiger charge is -2.36. The second-order valence-electron chi connectivity index (χ2n) is 7.97. The van der Waals surface area contributed by atoms with Gasteiger partial charge >= 0.3 is 5.97 Å². The zero-order valence-electron chi connectivity index (χ0n) is 19.6. The van der Waals surface area contributed by atoms with E-state index in [0.29, 0.717) is 23.4 Å². The highest BCUT2D eigenvalue weighted by molar-refractivity contribution is 8.16. The lowest BCUT2D eigenvalue weighted by atomic mass is 9.92. The molecule has 1 N–H and O–H groups in total. The summed E-state index contributed by atoms with van der Waals surface area (Å²) in [6.45, 7) is 3.99. The van der Waals surface area contributed by atoms with Gasteiger partial charge in [-0.15, -0.1) is 0 Å². The number of carbonyl (C=O) groups is 2. The average Bonchev–Trinajstić information content (AvgIpc) is 3.24. The van der Waals surface area contributed by atoms with Gasteiger partial charge in [0.2, 0.25) is 5.91 Å². The summed E-state index contributed by atoms with van der Waals surface area (Å²) in [5.41, 5.74) is 4.69. The number of esters is 1. The van der Waals surface area contributed by atoms with Crippen molar-refractivity contribution in [3.8, 4) is 5.75 Å². The summed E-state index contributed by atoms with van der Waals surface area (Å²) >= 11 is 1.46. The van der Waals surface area contributed by atoms with E-state index in [9.17, 15) is 9.59 Å². The van der Waals surface area contributed by atoms with Crippen molar-refractivity contribution in [2.45, 2.75) is 32.7 Å². The monoisotopic (exact) mass is 477 g/mol. The van der Waals surface area contributed by atoms with Gasteiger partial charge in [-0.2, -0.15) is 0 Å². The Morgan fingerprint density at radius 1 is 1.15 bits per heavy atom. The quantitative estimate of drug-likeness (QED) is 0.554. The number of methoxy groups -OCH3 is 2. The Hall–Kier alpha value is -3.52. The number of thioether (sulfide) groups is 1. The van der Waals surface area contributed by atoms with Crippen LogP contribution in [0.4, 0.5) is 5.69 Å². The molecule has 2 heterocycles. The van der Waals surface area contributed by atoms with Crippen LogP contribution in [0.5, 0.6) is 5.75 Å². The smallest absolute Gasteiger partial charge is 0.338 e. The van der Waals surface area contributed by atoms with Crippen LogP contribution < -0.4 is 10.1 Å². The maximum atomic E-state index is 12.9. The molecule has 0 saturated heterocycles. The molecule has 7 nitrogen and oxygen atoms in total. The highest BCUT2D eigenvalue weighted by atomic mass is 32.2. The lowest BCUT2D eigenvalue weighted by Crippen LogP contribution is -2.37. The predicted octanol–water partition coefficient (Wildman–Crippen LogP) is 5.17. The number of aliphatic imine (C=N–C) groups is 1. The Bertz CT molecular complexity index is 1200. The van der Waals surface area contributed by atoms with Crippen LogP contribution >= 0.6 is 11.8 Å². The molecule has 0 fully saturated rings. The van der Waals surface area contributed by atoms with Gasteiger partial charge in [0.25, 0.3) is 0 Å². The minimum absolute atomic E-state index is 0.135. The van der Waals surface area contributed by atoms with Gasteiger partial charge in [-0.1, -0.05) is 48.5 Å². The van der Waals surface area contributed by atoms with Gasteiger partial charge in [0.05, 0.1) is 38.0 Å². The number of ether oxygens (including phenoxy) is 2. The summed E-state index contributed by atoms with van der Waals surface area (Å²) in [6.07, 6.45) is 0.730. The van der Waals surface area contributed by atoms with Gasteiger partial charge in [0, 0.05) is 11.4 Å². The number of amidine groups is 1. The summed E-state index contributed by atoms with van der Waals surface area (Å²) in [6, 6.07) is 14.8. The van der Waals surface area contributed by atoms with Crippen LogP contribution in [0.25, 0.3) is 0 Å². The molecule has 176 valence electrons. The van der Waals surface area contributed by atoms with Crippen molar-refractivity contribution in [1.29, 1.82) is 0 Å². The molecule has 0 spiro atoms. The molecule has 0 aliphatic carbocycles. The number of nitrogens with one attached hydrogen (secondary N) is 1. The Morgan fingerprint density at radius 3 is 2.56 bits per heavy atom. The van der Waals surface area contributed by atoms with E-state index in [4.69, 9.17) is 14.5 Å². The number of nitrogens with zero attached hydrogens (tertiary/aromatic N) is 2. The number of hydrogen-bond donors (Lipinski definition) is 1. The Morgan fingerprint density at radius 2 is 1.91 bits per heavy atom. The highest BCUT2D eigenvalue weighted by Crippen LogP contribution is 2.45. The van der Waals surface area contributed by atoms with E-state index < -0.39 is 12.0 Å². The van der Waals surface area contributed by atoms with E-state index in [1.807, 2.05) is 42.4 Å². The molecule has 2 aromatic rings. The van der Waals surface area contributed by atoms with Gasteiger partial charge in [0.15, 0.2) is 5.17 Å². The number of allylic oxidation sites excluding steroid dienone is 1. The molecule has 0 saturated carbocycles. The van der Waals surface area contributed by atoms with Gasteiger partial charge < -0.3 is 19.7 Å². The largest absolute Gasteiger partial charge is 0.497 e. The third-order valence-electron chi connectivity index (χ3n) is 5.70. The van der Waals surface area contributed by atoms with Crippen molar-refractivity contribution in [3.05, 3.63) is 82.0 Å². The summed E-state index contributed by atoms with van der Waals surface area (Å²) in [4.78, 5) is 32.6. The van der Waals surface area contributed by atoms with Crippen LogP contribution in [0.3, 0.4) is 0 Å². The fourth-order valence-electron chi connectivity index (χ4n) is 4.11. The topological polar surface area (TPSA) is 80.2 Å². The first-order chi connectivity index (χ1) is 16.4. The van der Waals surface area contributed by atoms with Crippen molar-refractivity contribution in [2.24, 2.45) is 4.99 Å². The molecule has 2 aromatic carbocycles. The zero-order valence-corrected chi connectivity index (χ0v) is 20.4. The number of carbonyl (C=O) groups excluding carboxylic acids is 2. The molecule has 8 heteroatoms. The van der Waals surface area contributed by atoms with Crippen LogP contribution in [0.15, 0.2) is 75.9 Å². The molecule has 0 bridgehead atoms. The first-order valence-corrected chi connectivity index (χ1v) is 11.9. The second-order valence-corrected chi connectivity index (χ2v) is 8.80. The number of hydrogen-bond acceptors (Lipinski definition) is 7. The number of anilines is 1. The van der Waals surface area contributed by atoms with Gasteiger partial charge in [-0.05, 0) is 48.6 Å². The van der Waals surface area contributed by atoms with Crippen LogP contribution in [0, 0.1) is 6.92 Å². The first kappa shape index (κ1) is 23.6. The molecule has 1 unspecified atom stereocenters. The van der Waals surface area contributed by atoms with Crippen LogP contribution in [0.2, 0.25) is 0 Å². The van der Waals surface area contributed by atoms with Crippen molar-refractivity contribution < 1.29 is 19.1 Å². The van der Waals surface area contributed by atoms with E-state index in [0.717, 1.165) is 27.7 Å². The third kappa shape index (κ3) is 4.72. The minimum Gasteiger partial charge on any atom is -0.497 e. The third-order valence-corrected chi connectivity index (χ3v) is 6.59. The molecule has 1 atom stereocenters. The summed E-state index contributed by atoms with van der Waals surface area (Å²) in [5.74, 6) is 0.146. The standard InChI is InChI=1S/C26H27N3O4S/c1-5-21-23(25(31)33-4)24(17-8-6-7-16(2)13-17)29-19(15-34-26(29)28-21)14-22(30)27-18-9-11-20(32-3)12-10-18/h6-13,15,24H,5,14H2,1-4H3,(H,27,30). The molecule has 34 heavy (non-hydrogen) atoms. The zero-order chi connectivity index (χ0) is 24.2. The first-order valence-electron chi connectivity index (χ1n) is 11.0. The maximum absolute atomic E-state index is 12.9. The molecule has 1 amide bonds. The maximum Gasteiger partial charge on any atom is 0.338 e. The fraction of sp³-hybridized carbons (Fsp3) is 0.269. The fourth-order valence-corrected chi connectivity index (χ4v) is 5.05. The summed E-state index contributed by atoms with van der Waals surface area (Å²) in [5, 5.41) is 5.62. The molecule has 4 rings (SSSR count). The Labute approximate surface area is 203 Å². The van der Waals surface area contributed by atoms with E-state index in [2.05, 4.69) is 11.4 Å². The van der Waals surface area contributed by atoms with E-state index in [-0.39, 0.29) is 12.3 Å². The predicted molar refractivity (Wildman–Crippen MR) is 134 cm³/mol. The van der Waals surface area contributed by atoms with E-state index in [1.54, 1.807) is 31.4 Å². The lowest BCUT2D eigenvalue weighted by molar-refractivity contribution is -0.136. The minimum atomic E-state index is -0.426. The van der Waals surface area contributed by atoms with Crippen molar-refractivity contribution in [1.82, 2.24) is 4.90 Å².